The number of nitrogen functional groups attached to an aromatic ring is 1. The number of benzene rings is 1. The highest BCUT2D eigenvalue weighted by atomic mass is 16.2. The molecule has 1 aromatic heterocycles. The fourth-order valence-electron chi connectivity index (χ4n) is 3.12. The van der Waals surface area contributed by atoms with Gasteiger partial charge in [-0.25, -0.2) is 14.8 Å². The maximum absolute atomic E-state index is 12.8. The van der Waals surface area contributed by atoms with E-state index in [2.05, 4.69) is 20.2 Å². The lowest BCUT2D eigenvalue weighted by Crippen LogP contribution is -2.39. The Morgan fingerprint density at radius 3 is 2.56 bits per heavy atom. The van der Waals surface area contributed by atoms with Crippen LogP contribution in [-0.2, 0) is 0 Å². The van der Waals surface area contributed by atoms with E-state index < -0.39 is 6.03 Å². The van der Waals surface area contributed by atoms with Crippen molar-refractivity contribution in [2.24, 2.45) is 5.73 Å². The van der Waals surface area contributed by atoms with E-state index in [4.69, 9.17) is 11.5 Å². The number of hydrogen-bond donors (Lipinski definition) is 3. The minimum Gasteiger partial charge on any atom is -0.384 e. The summed E-state index contributed by atoms with van der Waals surface area (Å²) in [6.07, 6.45) is 0.931. The predicted molar refractivity (Wildman–Crippen MR) is 103 cm³/mol. The van der Waals surface area contributed by atoms with Gasteiger partial charge in [-0.2, -0.15) is 0 Å². The molecule has 27 heavy (non-hydrogen) atoms. The SMILES string of the molecule is CN1CCC(N(C)C(=O)c2cc(N)nc(-c3ccc(NC(N)=O)cc3)n2)C1. The van der Waals surface area contributed by atoms with Gasteiger partial charge in [-0.3, -0.25) is 4.79 Å². The summed E-state index contributed by atoms with van der Waals surface area (Å²) >= 11 is 0. The van der Waals surface area contributed by atoms with Gasteiger partial charge in [0.2, 0.25) is 0 Å². The van der Waals surface area contributed by atoms with Gasteiger partial charge >= 0.3 is 6.03 Å². The minimum atomic E-state index is -0.642. The Labute approximate surface area is 157 Å². The van der Waals surface area contributed by atoms with Crippen molar-refractivity contribution < 1.29 is 9.59 Å². The van der Waals surface area contributed by atoms with Crippen molar-refractivity contribution >= 4 is 23.4 Å². The van der Waals surface area contributed by atoms with Gasteiger partial charge in [0.15, 0.2) is 5.82 Å². The van der Waals surface area contributed by atoms with E-state index in [1.165, 1.54) is 6.07 Å². The number of carbonyl (C=O) groups is 2. The minimum absolute atomic E-state index is 0.154. The van der Waals surface area contributed by atoms with Gasteiger partial charge in [-0.15, -0.1) is 0 Å². The first-order valence-electron chi connectivity index (χ1n) is 8.60. The number of anilines is 2. The molecule has 2 aromatic rings. The number of carbonyl (C=O) groups excluding carboxylic acids is 2. The number of likely N-dealkylation sites (N-methyl/N-ethyl adjacent to an activating group) is 2. The van der Waals surface area contributed by atoms with Crippen molar-refractivity contribution in [2.45, 2.75) is 12.5 Å². The van der Waals surface area contributed by atoms with Crippen LogP contribution in [-0.4, -0.2) is 64.9 Å². The summed E-state index contributed by atoms with van der Waals surface area (Å²) in [7, 11) is 3.82. The predicted octanol–water partition coefficient (Wildman–Crippen LogP) is 0.992. The highest BCUT2D eigenvalue weighted by Gasteiger charge is 2.28. The summed E-state index contributed by atoms with van der Waals surface area (Å²) in [5, 5.41) is 2.48. The zero-order valence-electron chi connectivity index (χ0n) is 15.3. The average Bonchev–Trinajstić information content (AvgIpc) is 3.06. The molecule has 9 nitrogen and oxygen atoms in total. The zero-order valence-corrected chi connectivity index (χ0v) is 15.3. The van der Waals surface area contributed by atoms with E-state index in [-0.39, 0.29) is 23.5 Å². The van der Waals surface area contributed by atoms with Gasteiger partial charge in [-0.05, 0) is 44.3 Å². The van der Waals surface area contributed by atoms with Gasteiger partial charge in [-0.1, -0.05) is 0 Å². The van der Waals surface area contributed by atoms with E-state index >= 15 is 0 Å². The number of hydrogen-bond acceptors (Lipinski definition) is 6. The van der Waals surface area contributed by atoms with Crippen LogP contribution in [0, 0.1) is 0 Å². The van der Waals surface area contributed by atoms with Gasteiger partial charge < -0.3 is 26.6 Å². The fourth-order valence-corrected chi connectivity index (χ4v) is 3.12. The molecule has 1 unspecified atom stereocenters. The first-order valence-corrected chi connectivity index (χ1v) is 8.60. The number of amides is 3. The molecule has 9 heteroatoms. The van der Waals surface area contributed by atoms with E-state index in [1.54, 1.807) is 36.2 Å². The van der Waals surface area contributed by atoms with Crippen molar-refractivity contribution in [1.29, 1.82) is 0 Å². The Kier molecular flexibility index (Phi) is 5.22. The lowest BCUT2D eigenvalue weighted by Gasteiger charge is -2.24. The molecule has 1 aliphatic heterocycles. The summed E-state index contributed by atoms with van der Waals surface area (Å²) in [5.74, 6) is 0.387. The second-order valence-electron chi connectivity index (χ2n) is 6.69. The molecule has 1 aliphatic rings. The van der Waals surface area contributed by atoms with Crippen molar-refractivity contribution in [3.8, 4) is 11.4 Å². The summed E-state index contributed by atoms with van der Waals surface area (Å²) in [4.78, 5) is 36.3. The van der Waals surface area contributed by atoms with Crippen LogP contribution in [0.25, 0.3) is 11.4 Å². The number of aromatic nitrogens is 2. The number of primary amides is 1. The van der Waals surface area contributed by atoms with E-state index in [0.29, 0.717) is 17.1 Å². The third kappa shape index (κ3) is 4.32. The average molecular weight is 369 g/mol. The topological polar surface area (TPSA) is 130 Å². The lowest BCUT2D eigenvalue weighted by atomic mass is 10.1. The second kappa shape index (κ2) is 7.58. The molecule has 0 aliphatic carbocycles. The van der Waals surface area contributed by atoms with Crippen LogP contribution in [0.4, 0.5) is 16.3 Å². The highest BCUT2D eigenvalue weighted by Crippen LogP contribution is 2.21. The molecule has 1 saturated heterocycles. The molecule has 0 bridgehead atoms. The molecular weight excluding hydrogens is 346 g/mol. The first-order chi connectivity index (χ1) is 12.8. The van der Waals surface area contributed by atoms with E-state index in [0.717, 1.165) is 19.5 Å². The Balaban J connectivity index is 1.83. The summed E-state index contributed by atoms with van der Waals surface area (Å²) < 4.78 is 0. The van der Waals surface area contributed by atoms with Gasteiger partial charge in [0.25, 0.3) is 5.91 Å². The molecule has 1 fully saturated rings. The van der Waals surface area contributed by atoms with Crippen molar-refractivity contribution in [1.82, 2.24) is 19.8 Å². The van der Waals surface area contributed by atoms with Crippen LogP contribution in [0.15, 0.2) is 30.3 Å². The number of rotatable bonds is 4. The van der Waals surface area contributed by atoms with Crippen molar-refractivity contribution in [3.05, 3.63) is 36.0 Å². The number of urea groups is 1. The van der Waals surface area contributed by atoms with Crippen LogP contribution in [0.2, 0.25) is 0 Å². The molecule has 1 aromatic carbocycles. The molecular formula is C18H23N7O2. The third-order valence-electron chi connectivity index (χ3n) is 4.61. The third-order valence-corrected chi connectivity index (χ3v) is 4.61. The Bertz CT molecular complexity index is 853. The standard InChI is InChI=1S/C18H23N7O2/c1-24-8-7-13(10-24)25(2)17(26)14-9-15(19)23-16(22-14)11-3-5-12(6-4-11)21-18(20)27/h3-6,9,13H,7-8,10H2,1-2H3,(H2,19,22,23)(H3,20,21,27). The Hall–Kier alpha value is -3.20. The summed E-state index contributed by atoms with van der Waals surface area (Å²) in [6.45, 7) is 1.80. The van der Waals surface area contributed by atoms with Crippen LogP contribution in [0.5, 0.6) is 0 Å². The molecule has 5 N–H and O–H groups in total. The smallest absolute Gasteiger partial charge is 0.316 e. The first kappa shape index (κ1) is 18.6. The lowest BCUT2D eigenvalue weighted by molar-refractivity contribution is 0.0731. The van der Waals surface area contributed by atoms with Crippen LogP contribution in [0.1, 0.15) is 16.9 Å². The van der Waals surface area contributed by atoms with Gasteiger partial charge in [0.1, 0.15) is 11.5 Å². The molecule has 1 atom stereocenters. The zero-order chi connectivity index (χ0) is 19.6. The number of likely N-dealkylation sites (tertiary alicyclic amines) is 1. The molecule has 0 spiro atoms. The molecule has 142 valence electrons. The second-order valence-corrected chi connectivity index (χ2v) is 6.69. The monoisotopic (exact) mass is 369 g/mol. The van der Waals surface area contributed by atoms with Crippen molar-refractivity contribution in [3.63, 3.8) is 0 Å². The normalized spacial score (nSPS) is 16.9. The van der Waals surface area contributed by atoms with Crippen LogP contribution in [0.3, 0.4) is 0 Å². The highest BCUT2D eigenvalue weighted by molar-refractivity contribution is 5.93. The maximum Gasteiger partial charge on any atom is 0.316 e. The maximum atomic E-state index is 12.8. The van der Waals surface area contributed by atoms with Gasteiger partial charge in [0.05, 0.1) is 0 Å². The Morgan fingerprint density at radius 2 is 1.96 bits per heavy atom. The Morgan fingerprint density at radius 1 is 1.26 bits per heavy atom. The molecule has 3 rings (SSSR count). The number of nitrogens with one attached hydrogen (secondary N) is 1. The van der Waals surface area contributed by atoms with Crippen LogP contribution >= 0.6 is 0 Å². The largest absolute Gasteiger partial charge is 0.384 e. The van der Waals surface area contributed by atoms with Crippen LogP contribution < -0.4 is 16.8 Å². The summed E-state index contributed by atoms with van der Waals surface area (Å²) in [5.41, 5.74) is 12.5. The number of nitrogens with zero attached hydrogens (tertiary/aromatic N) is 4. The molecule has 3 amide bonds. The van der Waals surface area contributed by atoms with E-state index in [1.807, 2.05) is 7.05 Å². The molecule has 0 radical (unpaired) electrons. The molecule has 0 saturated carbocycles. The quantitative estimate of drug-likeness (QED) is 0.737. The number of nitrogens with two attached hydrogens (primary N) is 2. The molecule has 2 heterocycles. The van der Waals surface area contributed by atoms with Gasteiger partial charge in [0, 0.05) is 37.0 Å². The fraction of sp³-hybridized carbons (Fsp3) is 0.333. The summed E-state index contributed by atoms with van der Waals surface area (Å²) in [6, 6.07) is 7.80. The van der Waals surface area contributed by atoms with Crippen molar-refractivity contribution in [2.75, 3.05) is 38.2 Å². The van der Waals surface area contributed by atoms with E-state index in [9.17, 15) is 9.59 Å².